The molecule has 0 N–H and O–H groups in total. The standard InChI is InChI=1S/C31H28N6O2/c1-2-39-27-17-28(30-26(18-32)20-34-37(30)21-27)25-11-12-29(33-19-25)35-13-15-36(16-14-35)31(38)24-9-7-23(8-10-24)6-5-22-3-4-22/h7-12,17,19-22H,2-4,13-16H2,1H3. The summed E-state index contributed by atoms with van der Waals surface area (Å²) in [5, 5.41) is 13.9. The molecular weight excluding hydrogens is 488 g/mol. The van der Waals surface area contributed by atoms with Crippen molar-refractivity contribution in [1.82, 2.24) is 19.5 Å². The van der Waals surface area contributed by atoms with Crippen LogP contribution in [0.4, 0.5) is 5.82 Å². The van der Waals surface area contributed by atoms with E-state index < -0.39 is 0 Å². The molecule has 0 bridgehead atoms. The van der Waals surface area contributed by atoms with Gasteiger partial charge in [-0.15, -0.1) is 0 Å². The Morgan fingerprint density at radius 1 is 1.08 bits per heavy atom. The van der Waals surface area contributed by atoms with Crippen molar-refractivity contribution in [2.24, 2.45) is 5.92 Å². The Bertz CT molecular complexity index is 1610. The van der Waals surface area contributed by atoms with Gasteiger partial charge < -0.3 is 14.5 Å². The lowest BCUT2D eigenvalue weighted by Crippen LogP contribution is -2.49. The summed E-state index contributed by atoms with van der Waals surface area (Å²) >= 11 is 0. The number of hydrogen-bond donors (Lipinski definition) is 0. The first-order chi connectivity index (χ1) is 19.1. The van der Waals surface area contributed by atoms with Crippen molar-refractivity contribution in [2.75, 3.05) is 37.7 Å². The van der Waals surface area contributed by atoms with Gasteiger partial charge in [0.2, 0.25) is 0 Å². The monoisotopic (exact) mass is 516 g/mol. The Labute approximate surface area is 227 Å². The fourth-order valence-electron chi connectivity index (χ4n) is 4.81. The van der Waals surface area contributed by atoms with Crippen LogP contribution in [-0.4, -0.2) is 58.2 Å². The third-order valence-corrected chi connectivity index (χ3v) is 7.10. The minimum atomic E-state index is 0.0481. The maximum Gasteiger partial charge on any atom is 0.253 e. The second-order valence-electron chi connectivity index (χ2n) is 9.79. The van der Waals surface area contributed by atoms with Crippen LogP contribution in [0.1, 0.15) is 41.3 Å². The van der Waals surface area contributed by atoms with Gasteiger partial charge in [-0.05, 0) is 62.2 Å². The summed E-state index contributed by atoms with van der Waals surface area (Å²) in [5.74, 6) is 8.60. The van der Waals surface area contributed by atoms with E-state index in [2.05, 4.69) is 27.9 Å². The lowest BCUT2D eigenvalue weighted by atomic mass is 10.1. The second-order valence-corrected chi connectivity index (χ2v) is 9.79. The zero-order valence-electron chi connectivity index (χ0n) is 21.8. The number of benzene rings is 1. The lowest BCUT2D eigenvalue weighted by Gasteiger charge is -2.35. The maximum atomic E-state index is 13.1. The van der Waals surface area contributed by atoms with Gasteiger partial charge in [0.15, 0.2) is 0 Å². The first-order valence-electron chi connectivity index (χ1n) is 13.3. The van der Waals surface area contributed by atoms with Crippen molar-refractivity contribution in [3.63, 3.8) is 0 Å². The molecule has 3 aromatic heterocycles. The predicted molar refractivity (Wildman–Crippen MR) is 148 cm³/mol. The van der Waals surface area contributed by atoms with Gasteiger partial charge in [0, 0.05) is 60.5 Å². The van der Waals surface area contributed by atoms with E-state index in [1.807, 2.05) is 60.5 Å². The molecule has 1 aliphatic carbocycles. The van der Waals surface area contributed by atoms with Crippen LogP contribution in [0.2, 0.25) is 0 Å². The molecule has 1 saturated heterocycles. The fraction of sp³-hybridized carbons (Fsp3) is 0.290. The van der Waals surface area contributed by atoms with Gasteiger partial charge in [0.1, 0.15) is 17.6 Å². The lowest BCUT2D eigenvalue weighted by molar-refractivity contribution is 0.0746. The van der Waals surface area contributed by atoms with E-state index >= 15 is 0 Å². The topological polar surface area (TPSA) is 86.8 Å². The summed E-state index contributed by atoms with van der Waals surface area (Å²) in [6.07, 6.45) is 7.57. The molecule has 4 heterocycles. The molecule has 8 heteroatoms. The highest BCUT2D eigenvalue weighted by Gasteiger charge is 2.23. The summed E-state index contributed by atoms with van der Waals surface area (Å²) in [7, 11) is 0. The molecule has 2 fully saturated rings. The minimum absolute atomic E-state index is 0.0481. The molecule has 2 aliphatic rings. The highest BCUT2D eigenvalue weighted by molar-refractivity contribution is 5.94. The number of carbonyl (C=O) groups excluding carboxylic acids is 1. The van der Waals surface area contributed by atoms with Crippen molar-refractivity contribution in [3.05, 3.63) is 77.7 Å². The summed E-state index contributed by atoms with van der Waals surface area (Å²) in [5.41, 5.74) is 4.60. The number of carbonyl (C=O) groups is 1. The Hall–Kier alpha value is -4.82. The molecule has 0 unspecified atom stereocenters. The largest absolute Gasteiger partial charge is 0.492 e. The van der Waals surface area contributed by atoms with E-state index in [1.54, 1.807) is 16.9 Å². The summed E-state index contributed by atoms with van der Waals surface area (Å²) in [6, 6.07) is 15.8. The van der Waals surface area contributed by atoms with Gasteiger partial charge >= 0.3 is 0 Å². The predicted octanol–water partition coefficient (Wildman–Crippen LogP) is 4.39. The van der Waals surface area contributed by atoms with E-state index in [0.29, 0.717) is 55.6 Å². The van der Waals surface area contributed by atoms with Crippen molar-refractivity contribution in [2.45, 2.75) is 19.8 Å². The van der Waals surface area contributed by atoms with Crippen molar-refractivity contribution >= 4 is 17.2 Å². The second kappa shape index (κ2) is 10.5. The molecule has 1 aliphatic heterocycles. The first-order valence-corrected chi connectivity index (χ1v) is 13.3. The summed E-state index contributed by atoms with van der Waals surface area (Å²) in [4.78, 5) is 21.9. The maximum absolute atomic E-state index is 13.1. The molecule has 1 amide bonds. The van der Waals surface area contributed by atoms with Gasteiger partial charge in [-0.3, -0.25) is 4.79 Å². The highest BCUT2D eigenvalue weighted by atomic mass is 16.5. The molecule has 0 atom stereocenters. The molecule has 6 rings (SSSR count). The number of pyridine rings is 2. The average molecular weight is 517 g/mol. The van der Waals surface area contributed by atoms with Gasteiger partial charge in [-0.2, -0.15) is 10.4 Å². The van der Waals surface area contributed by atoms with Gasteiger partial charge in [-0.1, -0.05) is 11.8 Å². The van der Waals surface area contributed by atoms with Crippen LogP contribution in [0.3, 0.4) is 0 Å². The Balaban J connectivity index is 1.13. The number of aromatic nitrogens is 3. The molecule has 0 spiro atoms. The molecular formula is C31H28N6O2. The molecule has 4 aromatic rings. The van der Waals surface area contributed by atoms with Crippen LogP contribution >= 0.6 is 0 Å². The third-order valence-electron chi connectivity index (χ3n) is 7.10. The number of ether oxygens (including phenoxy) is 1. The molecule has 39 heavy (non-hydrogen) atoms. The number of hydrogen-bond acceptors (Lipinski definition) is 6. The van der Waals surface area contributed by atoms with Crippen molar-refractivity contribution in [3.8, 4) is 34.8 Å². The number of nitriles is 1. The minimum Gasteiger partial charge on any atom is -0.492 e. The first kappa shape index (κ1) is 24.5. The SMILES string of the molecule is CCOc1cc(-c2ccc(N3CCN(C(=O)c4ccc(C#CC5CC5)cc4)CC3)nc2)c2c(C#N)cnn2c1. The zero-order chi connectivity index (χ0) is 26.8. The van der Waals surface area contributed by atoms with Crippen LogP contribution < -0.4 is 9.64 Å². The van der Waals surface area contributed by atoms with Crippen molar-refractivity contribution in [1.29, 1.82) is 5.26 Å². The number of fused-ring (bicyclic) bond motifs is 1. The Morgan fingerprint density at radius 2 is 1.87 bits per heavy atom. The molecule has 8 nitrogen and oxygen atoms in total. The molecule has 1 saturated carbocycles. The smallest absolute Gasteiger partial charge is 0.253 e. The zero-order valence-corrected chi connectivity index (χ0v) is 21.8. The number of piperazine rings is 1. The van der Waals surface area contributed by atoms with E-state index in [4.69, 9.17) is 9.72 Å². The van der Waals surface area contributed by atoms with Gasteiger partial charge in [0.25, 0.3) is 5.91 Å². The molecule has 1 aromatic carbocycles. The summed E-state index contributed by atoms with van der Waals surface area (Å²) < 4.78 is 7.39. The van der Waals surface area contributed by atoms with E-state index in [-0.39, 0.29) is 5.91 Å². The number of amides is 1. The van der Waals surface area contributed by atoms with Crippen LogP contribution in [0.5, 0.6) is 5.75 Å². The van der Waals surface area contributed by atoms with Crippen LogP contribution in [0, 0.1) is 29.1 Å². The number of anilines is 1. The third kappa shape index (κ3) is 5.15. The van der Waals surface area contributed by atoms with Crippen molar-refractivity contribution < 1.29 is 9.53 Å². The average Bonchev–Trinajstić information content (AvgIpc) is 3.73. The van der Waals surface area contributed by atoms with E-state index in [1.165, 1.54) is 12.8 Å². The fourth-order valence-corrected chi connectivity index (χ4v) is 4.81. The molecule has 194 valence electrons. The Morgan fingerprint density at radius 3 is 2.54 bits per heavy atom. The van der Waals surface area contributed by atoms with Crippen LogP contribution in [-0.2, 0) is 0 Å². The number of nitrogens with zero attached hydrogens (tertiary/aromatic N) is 6. The van der Waals surface area contributed by atoms with E-state index in [9.17, 15) is 10.1 Å². The van der Waals surface area contributed by atoms with Crippen LogP contribution in [0.25, 0.3) is 16.6 Å². The quantitative estimate of drug-likeness (QED) is 0.366. The van der Waals surface area contributed by atoms with Gasteiger partial charge in [0.05, 0.1) is 30.1 Å². The van der Waals surface area contributed by atoms with E-state index in [0.717, 1.165) is 28.0 Å². The Kier molecular flexibility index (Phi) is 6.61. The number of rotatable bonds is 5. The highest BCUT2D eigenvalue weighted by Crippen LogP contribution is 2.31. The normalized spacial score (nSPS) is 15.0. The van der Waals surface area contributed by atoms with Gasteiger partial charge in [-0.25, -0.2) is 9.50 Å². The molecule has 0 radical (unpaired) electrons. The van der Waals surface area contributed by atoms with Crippen LogP contribution in [0.15, 0.2) is 61.1 Å². The summed E-state index contributed by atoms with van der Waals surface area (Å²) in [6.45, 7) is 5.12.